The Bertz CT molecular complexity index is 780. The molecular weight excluding hydrogens is 368 g/mol. The number of carbonyl (C=O) groups excluding carboxylic acids is 1. The van der Waals surface area contributed by atoms with E-state index in [4.69, 9.17) is 4.74 Å². The van der Waals surface area contributed by atoms with Crippen LogP contribution in [0.4, 0.5) is 5.69 Å². The average molecular weight is 385 g/mol. The van der Waals surface area contributed by atoms with E-state index in [2.05, 4.69) is 21.2 Å². The van der Waals surface area contributed by atoms with Crippen LogP contribution < -0.4 is 10.1 Å². The van der Waals surface area contributed by atoms with Crippen molar-refractivity contribution in [2.24, 2.45) is 0 Å². The molecule has 0 aliphatic carbocycles. The van der Waals surface area contributed by atoms with E-state index in [-0.39, 0.29) is 5.57 Å². The molecule has 0 bridgehead atoms. The molecule has 4 nitrogen and oxygen atoms in total. The number of rotatable bonds is 6. The summed E-state index contributed by atoms with van der Waals surface area (Å²) in [5, 5.41) is 12.0. The molecule has 0 aliphatic heterocycles. The van der Waals surface area contributed by atoms with Crippen LogP contribution in [-0.2, 0) is 4.79 Å². The quantitative estimate of drug-likeness (QED) is 0.575. The number of hydrogen-bond acceptors (Lipinski definition) is 3. The van der Waals surface area contributed by atoms with Gasteiger partial charge in [-0.2, -0.15) is 5.26 Å². The molecule has 1 N–H and O–H groups in total. The number of hydrogen-bond donors (Lipinski definition) is 1. The summed E-state index contributed by atoms with van der Waals surface area (Å²) in [6.07, 6.45) is 2.41. The molecular formula is C19H17BrN2O2. The van der Waals surface area contributed by atoms with Crippen molar-refractivity contribution in [3.8, 4) is 11.8 Å². The van der Waals surface area contributed by atoms with Crippen molar-refractivity contribution in [2.45, 2.75) is 13.3 Å². The molecule has 0 fully saturated rings. The first-order chi connectivity index (χ1) is 11.6. The molecule has 0 heterocycles. The summed E-state index contributed by atoms with van der Waals surface area (Å²) in [4.78, 5) is 12.3. The summed E-state index contributed by atoms with van der Waals surface area (Å²) in [7, 11) is 0. The molecule has 24 heavy (non-hydrogen) atoms. The number of halogens is 1. The molecule has 0 saturated carbocycles. The van der Waals surface area contributed by atoms with Gasteiger partial charge in [0, 0.05) is 15.7 Å². The predicted molar refractivity (Wildman–Crippen MR) is 98.6 cm³/mol. The molecule has 2 aromatic carbocycles. The van der Waals surface area contributed by atoms with Gasteiger partial charge in [-0.1, -0.05) is 41.1 Å². The van der Waals surface area contributed by atoms with Crippen molar-refractivity contribution in [1.29, 1.82) is 5.26 Å². The van der Waals surface area contributed by atoms with Gasteiger partial charge >= 0.3 is 0 Å². The first-order valence-electron chi connectivity index (χ1n) is 7.54. The van der Waals surface area contributed by atoms with Crippen molar-refractivity contribution < 1.29 is 9.53 Å². The number of anilines is 1. The summed E-state index contributed by atoms with van der Waals surface area (Å²) in [5.41, 5.74) is 1.33. The highest BCUT2D eigenvalue weighted by Crippen LogP contribution is 2.26. The average Bonchev–Trinajstić information content (AvgIpc) is 2.59. The summed E-state index contributed by atoms with van der Waals surface area (Å²) in [6.45, 7) is 2.59. The van der Waals surface area contributed by atoms with Crippen LogP contribution in [0, 0.1) is 11.3 Å². The van der Waals surface area contributed by atoms with Crippen LogP contribution in [0.15, 0.2) is 58.6 Å². The molecule has 0 radical (unpaired) electrons. The molecule has 2 rings (SSSR count). The fourth-order valence-corrected chi connectivity index (χ4v) is 2.38. The fourth-order valence-electron chi connectivity index (χ4n) is 2.00. The van der Waals surface area contributed by atoms with Gasteiger partial charge in [0.05, 0.1) is 6.61 Å². The number of para-hydroxylation sites is 1. The Morgan fingerprint density at radius 2 is 2.04 bits per heavy atom. The Hall–Kier alpha value is -2.58. The van der Waals surface area contributed by atoms with Gasteiger partial charge in [-0.15, -0.1) is 0 Å². The summed E-state index contributed by atoms with van der Waals surface area (Å²) >= 11 is 3.40. The predicted octanol–water partition coefficient (Wildman–Crippen LogP) is 4.78. The van der Waals surface area contributed by atoms with E-state index < -0.39 is 5.91 Å². The SMILES string of the molecule is CCCOc1ccc(Br)cc1/C=C(\C#N)C(=O)Nc1ccccc1. The van der Waals surface area contributed by atoms with Gasteiger partial charge in [0.25, 0.3) is 5.91 Å². The second-order valence-electron chi connectivity index (χ2n) is 5.02. The molecule has 0 saturated heterocycles. The Morgan fingerprint density at radius 1 is 1.29 bits per heavy atom. The van der Waals surface area contributed by atoms with Crippen molar-refractivity contribution in [3.05, 3.63) is 64.1 Å². The normalized spacial score (nSPS) is 10.8. The van der Waals surface area contributed by atoms with Crippen LogP contribution in [-0.4, -0.2) is 12.5 Å². The molecule has 0 spiro atoms. The van der Waals surface area contributed by atoms with Gasteiger partial charge in [0.2, 0.25) is 0 Å². The summed E-state index contributed by atoms with van der Waals surface area (Å²) in [5.74, 6) is 0.186. The third kappa shape index (κ3) is 4.97. The zero-order chi connectivity index (χ0) is 17.4. The lowest BCUT2D eigenvalue weighted by Gasteiger charge is -2.09. The van der Waals surface area contributed by atoms with Gasteiger partial charge < -0.3 is 10.1 Å². The molecule has 5 heteroatoms. The van der Waals surface area contributed by atoms with Crippen LogP contribution in [0.2, 0.25) is 0 Å². The number of ether oxygens (including phenoxy) is 1. The van der Waals surface area contributed by atoms with Crippen molar-refractivity contribution in [1.82, 2.24) is 0 Å². The van der Waals surface area contributed by atoms with Crippen molar-refractivity contribution >= 4 is 33.6 Å². The minimum Gasteiger partial charge on any atom is -0.493 e. The maximum atomic E-state index is 12.3. The minimum atomic E-state index is -0.454. The second kappa shape index (κ2) is 8.90. The maximum absolute atomic E-state index is 12.3. The first-order valence-corrected chi connectivity index (χ1v) is 8.34. The van der Waals surface area contributed by atoms with E-state index in [0.29, 0.717) is 23.6 Å². The van der Waals surface area contributed by atoms with E-state index in [9.17, 15) is 10.1 Å². The largest absolute Gasteiger partial charge is 0.493 e. The van der Waals surface area contributed by atoms with Gasteiger partial charge in [0.1, 0.15) is 17.4 Å². The Balaban J connectivity index is 2.28. The lowest BCUT2D eigenvalue weighted by molar-refractivity contribution is -0.112. The van der Waals surface area contributed by atoms with Crippen LogP contribution >= 0.6 is 15.9 Å². The second-order valence-corrected chi connectivity index (χ2v) is 5.94. The third-order valence-electron chi connectivity index (χ3n) is 3.13. The minimum absolute atomic E-state index is 0.0123. The molecule has 0 unspecified atom stereocenters. The standard InChI is InChI=1S/C19H17BrN2O2/c1-2-10-24-18-9-8-16(20)12-14(18)11-15(13-21)19(23)22-17-6-4-3-5-7-17/h3-9,11-12H,2,10H2,1H3,(H,22,23)/b15-11+. The van der Waals surface area contributed by atoms with Crippen LogP contribution in [0.1, 0.15) is 18.9 Å². The number of carbonyl (C=O) groups is 1. The number of amides is 1. The molecule has 0 aromatic heterocycles. The Kier molecular flexibility index (Phi) is 6.59. The topological polar surface area (TPSA) is 62.1 Å². The number of nitrogens with one attached hydrogen (secondary N) is 1. The lowest BCUT2D eigenvalue weighted by atomic mass is 10.1. The monoisotopic (exact) mass is 384 g/mol. The van der Waals surface area contributed by atoms with Gasteiger partial charge in [0.15, 0.2) is 0 Å². The molecule has 1 amide bonds. The van der Waals surface area contributed by atoms with E-state index in [1.54, 1.807) is 12.1 Å². The zero-order valence-electron chi connectivity index (χ0n) is 13.3. The van der Waals surface area contributed by atoms with Crippen molar-refractivity contribution in [3.63, 3.8) is 0 Å². The van der Waals surface area contributed by atoms with E-state index >= 15 is 0 Å². The number of benzene rings is 2. The summed E-state index contributed by atoms with van der Waals surface area (Å²) in [6, 6.07) is 16.5. The molecule has 0 aliphatic rings. The lowest BCUT2D eigenvalue weighted by Crippen LogP contribution is -2.13. The van der Waals surface area contributed by atoms with Gasteiger partial charge in [-0.25, -0.2) is 0 Å². The summed E-state index contributed by atoms with van der Waals surface area (Å²) < 4.78 is 6.52. The van der Waals surface area contributed by atoms with Crippen LogP contribution in [0.3, 0.4) is 0 Å². The van der Waals surface area contributed by atoms with Gasteiger partial charge in [-0.05, 0) is 42.8 Å². The van der Waals surface area contributed by atoms with E-state index in [1.807, 2.05) is 49.4 Å². The maximum Gasteiger partial charge on any atom is 0.266 e. The number of nitriles is 1. The Morgan fingerprint density at radius 3 is 2.71 bits per heavy atom. The molecule has 0 atom stereocenters. The van der Waals surface area contributed by atoms with Gasteiger partial charge in [-0.3, -0.25) is 4.79 Å². The fraction of sp³-hybridized carbons (Fsp3) is 0.158. The van der Waals surface area contributed by atoms with Crippen LogP contribution in [0.25, 0.3) is 6.08 Å². The highest BCUT2D eigenvalue weighted by atomic mass is 79.9. The number of nitrogens with zero attached hydrogens (tertiary/aromatic N) is 1. The highest BCUT2D eigenvalue weighted by molar-refractivity contribution is 9.10. The molecule has 122 valence electrons. The van der Waals surface area contributed by atoms with Crippen LogP contribution in [0.5, 0.6) is 5.75 Å². The smallest absolute Gasteiger partial charge is 0.266 e. The van der Waals surface area contributed by atoms with E-state index in [1.165, 1.54) is 6.08 Å². The van der Waals surface area contributed by atoms with Crippen molar-refractivity contribution in [2.75, 3.05) is 11.9 Å². The highest BCUT2D eigenvalue weighted by Gasteiger charge is 2.11. The van der Waals surface area contributed by atoms with E-state index in [0.717, 1.165) is 10.9 Å². The Labute approximate surface area is 149 Å². The first kappa shape index (κ1) is 17.8. The third-order valence-corrected chi connectivity index (χ3v) is 3.62. The molecule has 2 aromatic rings. The zero-order valence-corrected chi connectivity index (χ0v) is 14.8.